The average Bonchev–Trinajstić information content (AvgIpc) is 2.38. The first-order chi connectivity index (χ1) is 9.00. The van der Waals surface area contributed by atoms with E-state index in [0.29, 0.717) is 17.5 Å². The SMILES string of the molecule is Cc1cc(O)ccc1C(=O)N(C)C1CCCCC1C. The first-order valence-corrected chi connectivity index (χ1v) is 7.07. The molecule has 1 aromatic carbocycles. The number of hydrogen-bond acceptors (Lipinski definition) is 2. The minimum atomic E-state index is 0.0660. The monoisotopic (exact) mass is 261 g/mol. The van der Waals surface area contributed by atoms with Crippen LogP contribution < -0.4 is 0 Å². The Morgan fingerprint density at radius 3 is 2.63 bits per heavy atom. The summed E-state index contributed by atoms with van der Waals surface area (Å²) in [6, 6.07) is 5.29. The molecule has 1 aromatic rings. The van der Waals surface area contributed by atoms with Crippen LogP contribution in [0.5, 0.6) is 5.75 Å². The van der Waals surface area contributed by atoms with Crippen molar-refractivity contribution in [1.82, 2.24) is 4.90 Å². The third-order valence-electron chi connectivity index (χ3n) is 4.32. The average molecular weight is 261 g/mol. The molecule has 2 atom stereocenters. The third-order valence-corrected chi connectivity index (χ3v) is 4.32. The maximum Gasteiger partial charge on any atom is 0.254 e. The summed E-state index contributed by atoms with van der Waals surface area (Å²) in [5, 5.41) is 9.42. The number of benzene rings is 1. The predicted molar refractivity (Wildman–Crippen MR) is 76.4 cm³/mol. The van der Waals surface area contributed by atoms with Gasteiger partial charge in [-0.25, -0.2) is 0 Å². The molecule has 1 saturated carbocycles. The van der Waals surface area contributed by atoms with Gasteiger partial charge in [-0.05, 0) is 49.4 Å². The van der Waals surface area contributed by atoms with E-state index < -0.39 is 0 Å². The molecular formula is C16H23NO2. The number of phenolic OH excluding ortho intramolecular Hbond substituents is 1. The van der Waals surface area contributed by atoms with Crippen LogP contribution in [-0.4, -0.2) is 29.0 Å². The first kappa shape index (κ1) is 13.9. The molecule has 3 nitrogen and oxygen atoms in total. The summed E-state index contributed by atoms with van der Waals surface area (Å²) in [5.74, 6) is 0.846. The van der Waals surface area contributed by atoms with Gasteiger partial charge in [0.2, 0.25) is 0 Å². The van der Waals surface area contributed by atoms with Crippen LogP contribution in [0, 0.1) is 12.8 Å². The normalized spacial score (nSPS) is 23.1. The summed E-state index contributed by atoms with van der Waals surface area (Å²) in [6.07, 6.45) is 4.79. The fourth-order valence-electron chi connectivity index (χ4n) is 3.10. The van der Waals surface area contributed by atoms with E-state index in [1.54, 1.807) is 18.2 Å². The second kappa shape index (κ2) is 5.64. The number of aromatic hydroxyl groups is 1. The first-order valence-electron chi connectivity index (χ1n) is 7.07. The molecule has 1 amide bonds. The van der Waals surface area contributed by atoms with E-state index in [-0.39, 0.29) is 11.7 Å². The highest BCUT2D eigenvalue weighted by atomic mass is 16.3. The molecule has 19 heavy (non-hydrogen) atoms. The summed E-state index contributed by atoms with van der Waals surface area (Å²) in [7, 11) is 1.90. The van der Waals surface area contributed by atoms with Crippen molar-refractivity contribution in [2.24, 2.45) is 5.92 Å². The van der Waals surface area contributed by atoms with Gasteiger partial charge in [0.05, 0.1) is 0 Å². The zero-order valence-electron chi connectivity index (χ0n) is 12.0. The van der Waals surface area contributed by atoms with Crippen molar-refractivity contribution in [3.63, 3.8) is 0 Å². The van der Waals surface area contributed by atoms with Crippen LogP contribution in [0.15, 0.2) is 18.2 Å². The number of aryl methyl sites for hydroxylation is 1. The summed E-state index contributed by atoms with van der Waals surface area (Å²) in [6.45, 7) is 4.10. The number of hydrogen-bond donors (Lipinski definition) is 1. The van der Waals surface area contributed by atoms with Gasteiger partial charge < -0.3 is 10.0 Å². The van der Waals surface area contributed by atoms with Gasteiger partial charge in [0, 0.05) is 18.7 Å². The Kier molecular flexibility index (Phi) is 4.13. The molecule has 1 fully saturated rings. The van der Waals surface area contributed by atoms with Gasteiger partial charge in [0.15, 0.2) is 0 Å². The second-order valence-corrected chi connectivity index (χ2v) is 5.74. The Morgan fingerprint density at radius 1 is 1.32 bits per heavy atom. The maximum absolute atomic E-state index is 12.6. The predicted octanol–water partition coefficient (Wildman–Crippen LogP) is 3.35. The highest BCUT2D eigenvalue weighted by Crippen LogP contribution is 2.28. The molecule has 0 aliphatic heterocycles. The molecule has 0 radical (unpaired) electrons. The Bertz CT molecular complexity index is 470. The Hall–Kier alpha value is -1.51. The van der Waals surface area contributed by atoms with Gasteiger partial charge in [-0.1, -0.05) is 19.8 Å². The number of phenols is 1. The topological polar surface area (TPSA) is 40.5 Å². The largest absolute Gasteiger partial charge is 0.508 e. The molecule has 104 valence electrons. The van der Waals surface area contributed by atoms with E-state index >= 15 is 0 Å². The summed E-state index contributed by atoms with van der Waals surface area (Å²) >= 11 is 0. The minimum absolute atomic E-state index is 0.0660. The number of amides is 1. The minimum Gasteiger partial charge on any atom is -0.508 e. The highest BCUT2D eigenvalue weighted by Gasteiger charge is 2.28. The molecule has 0 heterocycles. The number of carbonyl (C=O) groups is 1. The van der Waals surface area contributed by atoms with Crippen molar-refractivity contribution in [2.75, 3.05) is 7.05 Å². The third kappa shape index (κ3) is 2.91. The van der Waals surface area contributed by atoms with Crippen LogP contribution in [-0.2, 0) is 0 Å². The smallest absolute Gasteiger partial charge is 0.254 e. The zero-order valence-corrected chi connectivity index (χ0v) is 12.0. The van der Waals surface area contributed by atoms with Crippen LogP contribution >= 0.6 is 0 Å². The Morgan fingerprint density at radius 2 is 2.00 bits per heavy atom. The van der Waals surface area contributed by atoms with Gasteiger partial charge in [-0.15, -0.1) is 0 Å². The lowest BCUT2D eigenvalue weighted by Crippen LogP contribution is -2.42. The van der Waals surface area contributed by atoms with E-state index in [2.05, 4.69) is 6.92 Å². The Labute approximate surface area is 115 Å². The van der Waals surface area contributed by atoms with Gasteiger partial charge in [0.25, 0.3) is 5.91 Å². The number of carbonyl (C=O) groups excluding carboxylic acids is 1. The van der Waals surface area contributed by atoms with Gasteiger partial charge in [-0.2, -0.15) is 0 Å². The van der Waals surface area contributed by atoms with Crippen molar-refractivity contribution in [3.05, 3.63) is 29.3 Å². The molecule has 0 aromatic heterocycles. The molecule has 2 rings (SSSR count). The lowest BCUT2D eigenvalue weighted by Gasteiger charge is -2.36. The molecule has 1 aliphatic rings. The standard InChI is InChI=1S/C16H23NO2/c1-11-6-4-5-7-15(11)17(3)16(19)14-9-8-13(18)10-12(14)2/h8-11,15,18H,4-7H2,1-3H3. The van der Waals surface area contributed by atoms with Crippen LogP contribution in [0.3, 0.4) is 0 Å². The molecule has 1 aliphatic carbocycles. The molecule has 0 saturated heterocycles. The zero-order chi connectivity index (χ0) is 14.0. The molecule has 3 heteroatoms. The molecule has 1 N–H and O–H groups in total. The molecule has 2 unspecified atom stereocenters. The van der Waals surface area contributed by atoms with E-state index in [1.165, 1.54) is 19.3 Å². The van der Waals surface area contributed by atoms with Crippen LogP contribution in [0.25, 0.3) is 0 Å². The fraction of sp³-hybridized carbons (Fsp3) is 0.562. The van der Waals surface area contributed by atoms with E-state index in [1.807, 2.05) is 18.9 Å². The summed E-state index contributed by atoms with van der Waals surface area (Å²) in [5.41, 5.74) is 1.53. The number of rotatable bonds is 2. The van der Waals surface area contributed by atoms with Crippen molar-refractivity contribution < 1.29 is 9.90 Å². The van der Waals surface area contributed by atoms with Crippen LogP contribution in [0.2, 0.25) is 0 Å². The van der Waals surface area contributed by atoms with Gasteiger partial charge >= 0.3 is 0 Å². The lowest BCUT2D eigenvalue weighted by molar-refractivity contribution is 0.0628. The van der Waals surface area contributed by atoms with E-state index in [4.69, 9.17) is 0 Å². The molecule has 0 spiro atoms. The summed E-state index contributed by atoms with van der Waals surface area (Å²) in [4.78, 5) is 14.5. The van der Waals surface area contributed by atoms with Crippen molar-refractivity contribution in [2.45, 2.75) is 45.6 Å². The molecule has 0 bridgehead atoms. The van der Waals surface area contributed by atoms with Crippen molar-refractivity contribution >= 4 is 5.91 Å². The lowest BCUT2D eigenvalue weighted by atomic mass is 9.85. The van der Waals surface area contributed by atoms with Crippen LogP contribution in [0.4, 0.5) is 0 Å². The van der Waals surface area contributed by atoms with E-state index in [9.17, 15) is 9.90 Å². The summed E-state index contributed by atoms with van der Waals surface area (Å²) < 4.78 is 0. The molecular weight excluding hydrogens is 238 g/mol. The van der Waals surface area contributed by atoms with Crippen molar-refractivity contribution in [1.29, 1.82) is 0 Å². The highest BCUT2D eigenvalue weighted by molar-refractivity contribution is 5.95. The second-order valence-electron chi connectivity index (χ2n) is 5.74. The maximum atomic E-state index is 12.6. The van der Waals surface area contributed by atoms with Crippen LogP contribution in [0.1, 0.15) is 48.5 Å². The van der Waals surface area contributed by atoms with E-state index in [0.717, 1.165) is 12.0 Å². The fourth-order valence-corrected chi connectivity index (χ4v) is 3.10. The number of nitrogens with zero attached hydrogens (tertiary/aromatic N) is 1. The Balaban J connectivity index is 2.18. The van der Waals surface area contributed by atoms with Crippen molar-refractivity contribution in [3.8, 4) is 5.75 Å². The van der Waals surface area contributed by atoms with Gasteiger partial charge in [-0.3, -0.25) is 4.79 Å². The quantitative estimate of drug-likeness (QED) is 0.887. The van der Waals surface area contributed by atoms with Gasteiger partial charge in [0.1, 0.15) is 5.75 Å².